The largest absolute Gasteiger partial charge is 0.362 e. The van der Waals surface area contributed by atoms with E-state index in [1.165, 1.54) is 11.3 Å². The van der Waals surface area contributed by atoms with Gasteiger partial charge >= 0.3 is 0 Å². The molecule has 3 nitrogen and oxygen atoms in total. The van der Waals surface area contributed by atoms with Crippen molar-refractivity contribution < 1.29 is 0 Å². The standard InChI is InChI=1S/C12H23N3S/c1-5-10(3)8-15(4)9-11-7-14-12(16-11)13-6-2/h7,10H,5-6,8-9H2,1-4H3,(H,13,14). The summed E-state index contributed by atoms with van der Waals surface area (Å²) in [6.07, 6.45) is 3.23. The van der Waals surface area contributed by atoms with Crippen LogP contribution in [0.15, 0.2) is 6.20 Å². The Balaban J connectivity index is 2.40. The number of hydrogen-bond acceptors (Lipinski definition) is 4. The zero-order valence-corrected chi connectivity index (χ0v) is 11.6. The highest BCUT2D eigenvalue weighted by atomic mass is 32.1. The van der Waals surface area contributed by atoms with E-state index in [2.05, 4.69) is 43.0 Å². The molecule has 1 atom stereocenters. The maximum Gasteiger partial charge on any atom is 0.182 e. The zero-order valence-electron chi connectivity index (χ0n) is 10.8. The van der Waals surface area contributed by atoms with E-state index in [1.807, 2.05) is 6.20 Å². The lowest BCUT2D eigenvalue weighted by molar-refractivity contribution is 0.277. The van der Waals surface area contributed by atoms with E-state index in [-0.39, 0.29) is 0 Å². The minimum atomic E-state index is 0.770. The first-order chi connectivity index (χ1) is 7.65. The van der Waals surface area contributed by atoms with Crippen LogP contribution in [0, 0.1) is 5.92 Å². The highest BCUT2D eigenvalue weighted by molar-refractivity contribution is 7.15. The van der Waals surface area contributed by atoms with Crippen LogP contribution >= 0.6 is 11.3 Å². The second-order valence-corrected chi connectivity index (χ2v) is 5.49. The summed E-state index contributed by atoms with van der Waals surface area (Å²) in [4.78, 5) is 8.05. The van der Waals surface area contributed by atoms with Gasteiger partial charge in [-0.05, 0) is 19.9 Å². The Kier molecular flexibility index (Phi) is 5.77. The number of nitrogens with zero attached hydrogens (tertiary/aromatic N) is 2. The predicted molar refractivity (Wildman–Crippen MR) is 72.1 cm³/mol. The Hall–Kier alpha value is -0.610. The summed E-state index contributed by atoms with van der Waals surface area (Å²) in [6.45, 7) is 9.74. The van der Waals surface area contributed by atoms with Crippen molar-refractivity contribution in [2.45, 2.75) is 33.7 Å². The molecular formula is C12H23N3S. The van der Waals surface area contributed by atoms with Crippen LogP contribution in [0.2, 0.25) is 0 Å². The van der Waals surface area contributed by atoms with Gasteiger partial charge in [0.2, 0.25) is 0 Å². The molecular weight excluding hydrogens is 218 g/mol. The molecule has 1 aromatic heterocycles. The fourth-order valence-electron chi connectivity index (χ4n) is 1.61. The normalized spacial score (nSPS) is 13.1. The summed E-state index contributed by atoms with van der Waals surface area (Å²) >= 11 is 1.76. The van der Waals surface area contributed by atoms with Crippen molar-refractivity contribution >= 4 is 16.5 Å². The molecule has 0 saturated heterocycles. The van der Waals surface area contributed by atoms with E-state index in [4.69, 9.17) is 0 Å². The van der Waals surface area contributed by atoms with Crippen molar-refractivity contribution in [2.75, 3.05) is 25.5 Å². The third-order valence-corrected chi connectivity index (χ3v) is 3.57. The molecule has 1 N–H and O–H groups in total. The van der Waals surface area contributed by atoms with Crippen LogP contribution in [-0.2, 0) is 6.54 Å². The highest BCUT2D eigenvalue weighted by Gasteiger charge is 2.07. The molecule has 0 fully saturated rings. The quantitative estimate of drug-likeness (QED) is 0.795. The Labute approximate surface area is 103 Å². The molecule has 0 bridgehead atoms. The van der Waals surface area contributed by atoms with Crippen LogP contribution in [0.3, 0.4) is 0 Å². The lowest BCUT2D eigenvalue weighted by Crippen LogP contribution is -2.23. The van der Waals surface area contributed by atoms with Gasteiger partial charge in [-0.15, -0.1) is 11.3 Å². The number of hydrogen-bond donors (Lipinski definition) is 1. The summed E-state index contributed by atoms with van der Waals surface area (Å²) in [5.74, 6) is 0.770. The summed E-state index contributed by atoms with van der Waals surface area (Å²) in [7, 11) is 2.18. The molecule has 1 aromatic rings. The average Bonchev–Trinajstić information content (AvgIpc) is 2.65. The summed E-state index contributed by atoms with van der Waals surface area (Å²) in [5.41, 5.74) is 0. The Bertz CT molecular complexity index is 298. The molecule has 16 heavy (non-hydrogen) atoms. The van der Waals surface area contributed by atoms with Gasteiger partial charge in [0, 0.05) is 30.7 Å². The van der Waals surface area contributed by atoms with Crippen LogP contribution in [0.4, 0.5) is 5.13 Å². The van der Waals surface area contributed by atoms with Crippen molar-refractivity contribution in [1.29, 1.82) is 0 Å². The van der Waals surface area contributed by atoms with Crippen LogP contribution in [0.5, 0.6) is 0 Å². The summed E-state index contributed by atoms with van der Waals surface area (Å²) in [5, 5.41) is 4.28. The number of aromatic nitrogens is 1. The third-order valence-electron chi connectivity index (χ3n) is 2.63. The van der Waals surface area contributed by atoms with Crippen molar-refractivity contribution in [1.82, 2.24) is 9.88 Å². The average molecular weight is 241 g/mol. The second-order valence-electron chi connectivity index (χ2n) is 4.37. The van der Waals surface area contributed by atoms with Gasteiger partial charge in [0.25, 0.3) is 0 Å². The highest BCUT2D eigenvalue weighted by Crippen LogP contribution is 2.19. The number of thiazole rings is 1. The van der Waals surface area contributed by atoms with Gasteiger partial charge in [-0.1, -0.05) is 20.3 Å². The molecule has 1 unspecified atom stereocenters. The Morgan fingerprint density at radius 3 is 2.88 bits per heavy atom. The first kappa shape index (κ1) is 13.5. The molecule has 0 aliphatic carbocycles. The molecule has 1 rings (SSSR count). The van der Waals surface area contributed by atoms with Crippen LogP contribution in [0.1, 0.15) is 32.1 Å². The maximum atomic E-state index is 4.34. The first-order valence-corrected chi connectivity index (χ1v) is 6.84. The molecule has 92 valence electrons. The fourth-order valence-corrected chi connectivity index (χ4v) is 2.57. The topological polar surface area (TPSA) is 28.2 Å². The predicted octanol–water partition coefficient (Wildman–Crippen LogP) is 3.05. The SMILES string of the molecule is CCNc1ncc(CN(C)CC(C)CC)s1. The van der Waals surface area contributed by atoms with Gasteiger partial charge in [0.1, 0.15) is 0 Å². The van der Waals surface area contributed by atoms with Crippen molar-refractivity contribution in [3.8, 4) is 0 Å². The van der Waals surface area contributed by atoms with Crippen molar-refractivity contribution in [2.24, 2.45) is 5.92 Å². The van der Waals surface area contributed by atoms with Gasteiger partial charge in [0.05, 0.1) is 0 Å². The van der Waals surface area contributed by atoms with E-state index < -0.39 is 0 Å². The van der Waals surface area contributed by atoms with Gasteiger partial charge in [-0.2, -0.15) is 0 Å². The molecule has 0 radical (unpaired) electrons. The van der Waals surface area contributed by atoms with Crippen molar-refractivity contribution in [3.63, 3.8) is 0 Å². The lowest BCUT2D eigenvalue weighted by Gasteiger charge is -2.19. The molecule has 0 saturated carbocycles. The van der Waals surface area contributed by atoms with Crippen molar-refractivity contribution in [3.05, 3.63) is 11.1 Å². The van der Waals surface area contributed by atoms with E-state index in [1.54, 1.807) is 11.3 Å². The molecule has 4 heteroatoms. The van der Waals surface area contributed by atoms with Gasteiger partial charge in [-0.3, -0.25) is 0 Å². The van der Waals surface area contributed by atoms with E-state index >= 15 is 0 Å². The number of anilines is 1. The number of nitrogens with one attached hydrogen (secondary N) is 1. The molecule has 0 aliphatic rings. The minimum Gasteiger partial charge on any atom is -0.362 e. The Morgan fingerprint density at radius 2 is 2.25 bits per heavy atom. The maximum absolute atomic E-state index is 4.34. The Morgan fingerprint density at radius 1 is 1.50 bits per heavy atom. The zero-order chi connectivity index (χ0) is 12.0. The summed E-state index contributed by atoms with van der Waals surface area (Å²) < 4.78 is 0. The first-order valence-electron chi connectivity index (χ1n) is 6.02. The van der Waals surface area contributed by atoms with Gasteiger partial charge in [-0.25, -0.2) is 4.98 Å². The van der Waals surface area contributed by atoms with Gasteiger partial charge < -0.3 is 10.2 Å². The molecule has 0 aromatic carbocycles. The fraction of sp³-hybridized carbons (Fsp3) is 0.750. The molecule has 0 aliphatic heterocycles. The lowest BCUT2D eigenvalue weighted by atomic mass is 10.1. The van der Waals surface area contributed by atoms with Crippen LogP contribution in [-0.4, -0.2) is 30.0 Å². The van der Waals surface area contributed by atoms with Crippen LogP contribution < -0.4 is 5.32 Å². The van der Waals surface area contributed by atoms with E-state index in [0.717, 1.165) is 30.7 Å². The second kappa shape index (κ2) is 6.86. The smallest absolute Gasteiger partial charge is 0.182 e. The van der Waals surface area contributed by atoms with E-state index in [0.29, 0.717) is 0 Å². The molecule has 0 spiro atoms. The number of rotatable bonds is 7. The molecule has 0 amide bonds. The third kappa shape index (κ3) is 4.49. The summed E-state index contributed by atoms with van der Waals surface area (Å²) in [6, 6.07) is 0. The van der Waals surface area contributed by atoms with E-state index in [9.17, 15) is 0 Å². The van der Waals surface area contributed by atoms with Crippen LogP contribution in [0.25, 0.3) is 0 Å². The monoisotopic (exact) mass is 241 g/mol. The molecule has 1 heterocycles. The minimum absolute atomic E-state index is 0.770. The van der Waals surface area contributed by atoms with Gasteiger partial charge in [0.15, 0.2) is 5.13 Å².